The maximum atomic E-state index is 12.5. The molecular weight excluding hydrogens is 450 g/mol. The van der Waals surface area contributed by atoms with Crippen LogP contribution in [0.25, 0.3) is 11.1 Å². The average Bonchev–Trinajstić information content (AvgIpc) is 3.18. The number of piperidine rings is 1. The van der Waals surface area contributed by atoms with Crippen molar-refractivity contribution in [2.45, 2.75) is 31.7 Å². The van der Waals surface area contributed by atoms with Crippen LogP contribution in [0.3, 0.4) is 0 Å². The van der Waals surface area contributed by atoms with E-state index in [1.165, 1.54) is 4.90 Å². The molecule has 0 spiro atoms. The monoisotopic (exact) mass is 479 g/mol. The van der Waals surface area contributed by atoms with Crippen molar-refractivity contribution in [2.75, 3.05) is 26.2 Å². The van der Waals surface area contributed by atoms with Crippen molar-refractivity contribution < 1.29 is 29.0 Å². The largest absolute Gasteiger partial charge is 0.481 e. The van der Waals surface area contributed by atoms with Gasteiger partial charge >= 0.3 is 12.1 Å². The second-order valence-corrected chi connectivity index (χ2v) is 8.87. The summed E-state index contributed by atoms with van der Waals surface area (Å²) in [5.41, 5.74) is 4.43. The Bertz CT molecular complexity index is 1090. The van der Waals surface area contributed by atoms with Crippen LogP contribution in [0.4, 0.5) is 4.79 Å². The first-order chi connectivity index (χ1) is 16.9. The molecule has 2 aromatic carbocycles. The highest BCUT2D eigenvalue weighted by atomic mass is 16.5. The number of aliphatic carboxylic acids is 1. The number of ether oxygens (including phenoxy) is 1. The van der Waals surface area contributed by atoms with E-state index in [4.69, 9.17) is 4.74 Å². The third-order valence-electron chi connectivity index (χ3n) is 6.80. The van der Waals surface area contributed by atoms with Gasteiger partial charge in [-0.3, -0.25) is 14.4 Å². The summed E-state index contributed by atoms with van der Waals surface area (Å²) < 4.78 is 5.40. The number of carbonyl (C=O) groups excluding carboxylic acids is 3. The van der Waals surface area contributed by atoms with Crippen LogP contribution in [0.1, 0.15) is 36.8 Å². The van der Waals surface area contributed by atoms with Crippen molar-refractivity contribution in [3.63, 3.8) is 0 Å². The topological polar surface area (TPSA) is 125 Å². The fourth-order valence-electron chi connectivity index (χ4n) is 4.97. The number of rotatable bonds is 7. The van der Waals surface area contributed by atoms with Crippen LogP contribution in [0.2, 0.25) is 0 Å². The summed E-state index contributed by atoms with van der Waals surface area (Å²) in [4.78, 5) is 49.7. The van der Waals surface area contributed by atoms with E-state index >= 15 is 0 Å². The van der Waals surface area contributed by atoms with Crippen LogP contribution < -0.4 is 10.6 Å². The quantitative estimate of drug-likeness (QED) is 0.560. The summed E-state index contributed by atoms with van der Waals surface area (Å²) in [6.45, 7) is 1.70. The lowest BCUT2D eigenvalue weighted by Crippen LogP contribution is -2.52. The first-order valence-corrected chi connectivity index (χ1v) is 11.7. The molecule has 184 valence electrons. The van der Waals surface area contributed by atoms with Crippen molar-refractivity contribution in [1.29, 1.82) is 0 Å². The molecule has 2 atom stereocenters. The molecule has 0 aromatic heterocycles. The summed E-state index contributed by atoms with van der Waals surface area (Å²) in [7, 11) is 0. The van der Waals surface area contributed by atoms with Gasteiger partial charge in [-0.15, -0.1) is 0 Å². The lowest BCUT2D eigenvalue weighted by molar-refractivity contribution is -0.149. The first kappa shape index (κ1) is 24.3. The Kier molecular flexibility index (Phi) is 7.33. The van der Waals surface area contributed by atoms with Crippen molar-refractivity contribution in [3.8, 4) is 11.1 Å². The average molecular weight is 480 g/mol. The van der Waals surface area contributed by atoms with Crippen molar-refractivity contribution in [1.82, 2.24) is 15.5 Å². The van der Waals surface area contributed by atoms with Gasteiger partial charge in [0.2, 0.25) is 11.8 Å². The maximum absolute atomic E-state index is 12.5. The third kappa shape index (κ3) is 5.29. The number of amides is 3. The number of nitrogens with one attached hydrogen (secondary N) is 2. The Morgan fingerprint density at radius 2 is 1.60 bits per heavy atom. The number of hydrogen-bond donors (Lipinski definition) is 3. The second-order valence-electron chi connectivity index (χ2n) is 8.87. The molecule has 9 heteroatoms. The Balaban J connectivity index is 1.22. The zero-order valence-corrected chi connectivity index (χ0v) is 19.5. The molecule has 1 fully saturated rings. The fourth-order valence-corrected chi connectivity index (χ4v) is 4.97. The lowest BCUT2D eigenvalue weighted by Gasteiger charge is -2.37. The number of benzene rings is 2. The first-order valence-electron chi connectivity index (χ1n) is 11.7. The zero-order chi connectivity index (χ0) is 24.9. The molecule has 35 heavy (non-hydrogen) atoms. The van der Waals surface area contributed by atoms with Crippen molar-refractivity contribution >= 4 is 23.9 Å². The van der Waals surface area contributed by atoms with Gasteiger partial charge in [0.1, 0.15) is 13.2 Å². The maximum Gasteiger partial charge on any atom is 0.407 e. The molecule has 1 aliphatic heterocycles. The molecule has 1 aliphatic carbocycles. The third-order valence-corrected chi connectivity index (χ3v) is 6.80. The number of alkyl carbamates (subject to hydrolysis) is 1. The number of carboxylic acids is 1. The van der Waals surface area contributed by atoms with E-state index in [2.05, 4.69) is 10.6 Å². The van der Waals surface area contributed by atoms with Gasteiger partial charge in [-0.1, -0.05) is 48.5 Å². The molecular formula is C26H29N3O6. The van der Waals surface area contributed by atoms with Crippen LogP contribution >= 0.6 is 0 Å². The van der Waals surface area contributed by atoms with Gasteiger partial charge in [0.25, 0.3) is 0 Å². The normalized spacial score (nSPS) is 18.8. The molecule has 0 saturated carbocycles. The van der Waals surface area contributed by atoms with E-state index < -0.39 is 29.9 Å². The predicted octanol–water partition coefficient (Wildman–Crippen LogP) is 2.35. The van der Waals surface area contributed by atoms with Crippen LogP contribution in [0.5, 0.6) is 0 Å². The lowest BCUT2D eigenvalue weighted by atomic mass is 9.90. The zero-order valence-electron chi connectivity index (χ0n) is 19.5. The van der Waals surface area contributed by atoms with Gasteiger partial charge in [-0.2, -0.15) is 0 Å². The number of hydrogen-bond acceptors (Lipinski definition) is 5. The molecule has 1 saturated heterocycles. The summed E-state index contributed by atoms with van der Waals surface area (Å²) >= 11 is 0. The number of carbonyl (C=O) groups is 4. The molecule has 2 aliphatic rings. The van der Waals surface area contributed by atoms with Gasteiger partial charge < -0.3 is 25.4 Å². The van der Waals surface area contributed by atoms with E-state index in [0.717, 1.165) is 22.3 Å². The van der Waals surface area contributed by atoms with Crippen LogP contribution in [-0.2, 0) is 19.1 Å². The Hall–Kier alpha value is -3.88. The Morgan fingerprint density at radius 3 is 2.23 bits per heavy atom. The minimum atomic E-state index is -0.925. The predicted molar refractivity (Wildman–Crippen MR) is 128 cm³/mol. The fraction of sp³-hybridized carbons (Fsp3) is 0.385. The van der Waals surface area contributed by atoms with Crippen molar-refractivity contribution in [2.24, 2.45) is 5.92 Å². The molecule has 3 N–H and O–H groups in total. The molecule has 0 bridgehead atoms. The van der Waals surface area contributed by atoms with Crippen LogP contribution in [0, 0.1) is 5.92 Å². The highest BCUT2D eigenvalue weighted by Crippen LogP contribution is 2.44. The number of carboxylic acid groups (broad SMARTS) is 1. The highest BCUT2D eigenvalue weighted by Gasteiger charge is 2.35. The summed E-state index contributed by atoms with van der Waals surface area (Å²) in [6, 6.07) is 15.6. The minimum absolute atomic E-state index is 0.0826. The summed E-state index contributed by atoms with van der Waals surface area (Å²) in [6.07, 6.45) is 0.406. The molecule has 1 heterocycles. The molecule has 0 unspecified atom stereocenters. The van der Waals surface area contributed by atoms with E-state index in [0.29, 0.717) is 19.4 Å². The number of fused-ring (bicyclic) bond motifs is 3. The molecule has 9 nitrogen and oxygen atoms in total. The standard InChI is InChI=1S/C26H29N3O6/c1-16-17(25(32)33)11-6-12-29(16)24(31)14-27-23(30)13-28-26(34)35-15-22-20-9-4-2-7-18(20)19-8-3-5-10-21(19)22/h2-5,7-10,16-17,22H,6,11-15H2,1H3,(H,27,30)(H,28,34)(H,32,33)/t16-,17-/m1/s1. The number of nitrogens with zero attached hydrogens (tertiary/aromatic N) is 1. The SMILES string of the molecule is C[C@@H]1[C@H](C(=O)O)CCCN1C(=O)CNC(=O)CNC(=O)OCC1c2ccccc2-c2ccccc21. The minimum Gasteiger partial charge on any atom is -0.481 e. The van der Waals surface area contributed by atoms with Gasteiger partial charge in [0, 0.05) is 18.5 Å². The Morgan fingerprint density at radius 1 is 0.971 bits per heavy atom. The number of likely N-dealkylation sites (tertiary alicyclic amines) is 1. The van der Waals surface area contributed by atoms with Gasteiger partial charge in [-0.25, -0.2) is 4.79 Å². The molecule has 0 radical (unpaired) electrons. The molecule has 3 amide bonds. The smallest absolute Gasteiger partial charge is 0.407 e. The summed E-state index contributed by atoms with van der Waals surface area (Å²) in [5, 5.41) is 14.2. The van der Waals surface area contributed by atoms with E-state index in [1.807, 2.05) is 48.5 Å². The van der Waals surface area contributed by atoms with E-state index in [1.54, 1.807) is 6.92 Å². The van der Waals surface area contributed by atoms with E-state index in [-0.39, 0.29) is 31.5 Å². The van der Waals surface area contributed by atoms with Gasteiger partial charge in [0.15, 0.2) is 0 Å². The molecule has 2 aromatic rings. The van der Waals surface area contributed by atoms with Crippen LogP contribution in [0.15, 0.2) is 48.5 Å². The highest BCUT2D eigenvalue weighted by molar-refractivity contribution is 5.87. The van der Waals surface area contributed by atoms with E-state index in [9.17, 15) is 24.3 Å². The summed E-state index contributed by atoms with van der Waals surface area (Å²) in [5.74, 6) is -2.50. The van der Waals surface area contributed by atoms with Crippen LogP contribution in [-0.4, -0.2) is 66.2 Å². The Labute approximate surface area is 203 Å². The van der Waals surface area contributed by atoms with Crippen molar-refractivity contribution in [3.05, 3.63) is 59.7 Å². The van der Waals surface area contributed by atoms with Gasteiger partial charge in [0.05, 0.1) is 12.5 Å². The second kappa shape index (κ2) is 10.6. The van der Waals surface area contributed by atoms with Gasteiger partial charge in [-0.05, 0) is 42.0 Å². The molecule has 4 rings (SSSR count).